The molecule has 0 radical (unpaired) electrons. The first-order valence-corrected chi connectivity index (χ1v) is 7.19. The van der Waals surface area contributed by atoms with Gasteiger partial charge >= 0.3 is 0 Å². The highest BCUT2D eigenvalue weighted by Crippen LogP contribution is 2.24. The molecule has 0 aliphatic heterocycles. The lowest BCUT2D eigenvalue weighted by molar-refractivity contribution is 0.0788. The van der Waals surface area contributed by atoms with Gasteiger partial charge in [0.1, 0.15) is 0 Å². The Labute approximate surface area is 114 Å². The third-order valence-electron chi connectivity index (χ3n) is 2.58. The molecule has 0 atom stereocenters. The number of carbonyl (C=O) groups excluding carboxylic acids is 1. The van der Waals surface area contributed by atoms with Crippen molar-refractivity contribution in [3.8, 4) is 0 Å². The van der Waals surface area contributed by atoms with E-state index in [4.69, 9.17) is 5.73 Å². The largest absolute Gasteiger partial charge is 0.398 e. The van der Waals surface area contributed by atoms with E-state index in [0.717, 1.165) is 15.6 Å². The van der Waals surface area contributed by atoms with Gasteiger partial charge in [0.15, 0.2) is 0 Å². The van der Waals surface area contributed by atoms with Crippen LogP contribution in [0, 0.1) is 13.8 Å². The Balaban J connectivity index is 2.09. The van der Waals surface area contributed by atoms with Gasteiger partial charge in [0.2, 0.25) is 0 Å². The Morgan fingerprint density at radius 3 is 2.72 bits per heavy atom. The fourth-order valence-electron chi connectivity index (χ4n) is 1.59. The molecule has 0 fully saturated rings. The van der Waals surface area contributed by atoms with Gasteiger partial charge in [-0.25, -0.2) is 4.98 Å². The summed E-state index contributed by atoms with van der Waals surface area (Å²) in [5, 5.41) is 3.00. The van der Waals surface area contributed by atoms with E-state index in [9.17, 15) is 4.79 Å². The number of hydrogen-bond acceptors (Lipinski definition) is 5. The average molecular weight is 281 g/mol. The van der Waals surface area contributed by atoms with Gasteiger partial charge in [-0.05, 0) is 19.9 Å². The Kier molecular flexibility index (Phi) is 3.68. The lowest BCUT2D eigenvalue weighted by Gasteiger charge is -2.14. The second-order valence-corrected chi connectivity index (χ2v) is 6.46. The number of thiazole rings is 1. The molecule has 0 aliphatic rings. The van der Waals surface area contributed by atoms with Crippen molar-refractivity contribution in [1.29, 1.82) is 0 Å². The van der Waals surface area contributed by atoms with Crippen LogP contribution in [0.1, 0.15) is 25.3 Å². The predicted molar refractivity (Wildman–Crippen MR) is 76.1 cm³/mol. The lowest BCUT2D eigenvalue weighted by atomic mass is 10.3. The molecule has 0 spiro atoms. The molecule has 2 heterocycles. The van der Waals surface area contributed by atoms with E-state index >= 15 is 0 Å². The third-order valence-corrected chi connectivity index (χ3v) is 4.46. The number of nitrogens with two attached hydrogens (primary N) is 1. The summed E-state index contributed by atoms with van der Waals surface area (Å²) in [6, 6.07) is 1.74. The van der Waals surface area contributed by atoms with Crippen LogP contribution in [0.15, 0.2) is 11.4 Å². The van der Waals surface area contributed by atoms with Crippen molar-refractivity contribution in [2.24, 2.45) is 0 Å². The molecule has 0 unspecified atom stereocenters. The maximum atomic E-state index is 12.2. The molecule has 1 amide bonds. The minimum absolute atomic E-state index is 0.00884. The van der Waals surface area contributed by atoms with Gasteiger partial charge in [0.05, 0.1) is 22.1 Å². The molecular formula is C12H15N3OS2. The van der Waals surface area contributed by atoms with Gasteiger partial charge in [-0.2, -0.15) is 0 Å². The first-order valence-electron chi connectivity index (χ1n) is 5.49. The number of amides is 1. The number of thiophene rings is 1. The van der Waals surface area contributed by atoms with E-state index in [-0.39, 0.29) is 5.91 Å². The number of rotatable bonds is 3. The summed E-state index contributed by atoms with van der Waals surface area (Å²) in [6.45, 7) is 4.40. The quantitative estimate of drug-likeness (QED) is 0.941. The van der Waals surface area contributed by atoms with Crippen LogP contribution in [0.3, 0.4) is 0 Å². The second kappa shape index (κ2) is 5.07. The molecular weight excluding hydrogens is 266 g/mol. The fourth-order valence-corrected chi connectivity index (χ4v) is 3.12. The van der Waals surface area contributed by atoms with E-state index in [1.165, 1.54) is 11.3 Å². The number of aryl methyl sites for hydroxylation is 2. The molecule has 2 rings (SSSR count). The average Bonchev–Trinajstić information content (AvgIpc) is 2.85. The number of hydrogen-bond donors (Lipinski definition) is 1. The van der Waals surface area contributed by atoms with Gasteiger partial charge in [-0.1, -0.05) is 0 Å². The summed E-state index contributed by atoms with van der Waals surface area (Å²) in [6.07, 6.45) is 0. The van der Waals surface area contributed by atoms with Crippen LogP contribution in [-0.2, 0) is 6.54 Å². The van der Waals surface area contributed by atoms with Crippen LogP contribution < -0.4 is 5.73 Å². The Morgan fingerprint density at radius 2 is 2.22 bits per heavy atom. The van der Waals surface area contributed by atoms with Crippen LogP contribution in [0.5, 0.6) is 0 Å². The molecule has 2 N–H and O–H groups in total. The summed E-state index contributed by atoms with van der Waals surface area (Å²) >= 11 is 3.03. The highest BCUT2D eigenvalue weighted by atomic mass is 32.1. The van der Waals surface area contributed by atoms with E-state index in [0.29, 0.717) is 17.1 Å². The van der Waals surface area contributed by atoms with Gasteiger partial charge < -0.3 is 10.6 Å². The van der Waals surface area contributed by atoms with Crippen LogP contribution >= 0.6 is 22.7 Å². The number of carbonyl (C=O) groups is 1. The van der Waals surface area contributed by atoms with E-state index in [2.05, 4.69) is 4.98 Å². The molecule has 4 nitrogen and oxygen atoms in total. The molecule has 0 bridgehead atoms. The maximum Gasteiger partial charge on any atom is 0.264 e. The van der Waals surface area contributed by atoms with Crippen molar-refractivity contribution in [2.45, 2.75) is 20.4 Å². The second-order valence-electron chi connectivity index (χ2n) is 4.14. The number of nitrogen functional groups attached to an aromatic ring is 1. The summed E-state index contributed by atoms with van der Waals surface area (Å²) in [5.41, 5.74) is 7.37. The van der Waals surface area contributed by atoms with Crippen molar-refractivity contribution < 1.29 is 4.79 Å². The zero-order chi connectivity index (χ0) is 13.3. The smallest absolute Gasteiger partial charge is 0.264 e. The molecule has 0 saturated carbocycles. The van der Waals surface area contributed by atoms with Gasteiger partial charge in [0, 0.05) is 23.0 Å². The summed E-state index contributed by atoms with van der Waals surface area (Å²) < 4.78 is 0. The molecule has 0 aromatic carbocycles. The Bertz CT molecular complexity index is 554. The first kappa shape index (κ1) is 13.0. The Hall–Kier alpha value is -1.40. The van der Waals surface area contributed by atoms with Crippen molar-refractivity contribution in [3.63, 3.8) is 0 Å². The molecule has 2 aromatic heterocycles. The van der Waals surface area contributed by atoms with E-state index in [1.54, 1.807) is 29.4 Å². The molecule has 18 heavy (non-hydrogen) atoms. The van der Waals surface area contributed by atoms with Crippen LogP contribution in [0.25, 0.3) is 0 Å². The monoisotopic (exact) mass is 281 g/mol. The molecule has 0 aliphatic carbocycles. The summed E-state index contributed by atoms with van der Waals surface area (Å²) in [7, 11) is 1.78. The SMILES string of the molecule is Cc1nc(CN(C)C(=O)c2cc(N)c(C)s2)cs1. The summed E-state index contributed by atoms with van der Waals surface area (Å²) in [4.78, 5) is 19.9. The third kappa shape index (κ3) is 2.70. The standard InChI is InChI=1S/C12H15N3OS2/c1-7-10(13)4-11(18-7)12(16)15(3)5-9-6-17-8(2)14-9/h4,6H,5,13H2,1-3H3. The van der Waals surface area contributed by atoms with Gasteiger partial charge in [-0.3, -0.25) is 4.79 Å². The van der Waals surface area contributed by atoms with E-state index < -0.39 is 0 Å². The Morgan fingerprint density at radius 1 is 1.50 bits per heavy atom. The van der Waals surface area contributed by atoms with Crippen molar-refractivity contribution in [1.82, 2.24) is 9.88 Å². The minimum atomic E-state index is -0.00884. The zero-order valence-corrected chi connectivity index (χ0v) is 12.2. The zero-order valence-electron chi connectivity index (χ0n) is 10.6. The van der Waals surface area contributed by atoms with Crippen molar-refractivity contribution in [2.75, 3.05) is 12.8 Å². The van der Waals surface area contributed by atoms with Crippen LogP contribution in [-0.4, -0.2) is 22.8 Å². The van der Waals surface area contributed by atoms with E-state index in [1.807, 2.05) is 19.2 Å². The topological polar surface area (TPSA) is 59.2 Å². The number of anilines is 1. The first-order chi connectivity index (χ1) is 8.47. The fraction of sp³-hybridized carbons (Fsp3) is 0.333. The number of nitrogens with zero attached hydrogens (tertiary/aromatic N) is 2. The van der Waals surface area contributed by atoms with Crippen molar-refractivity contribution in [3.05, 3.63) is 31.9 Å². The number of aromatic nitrogens is 1. The van der Waals surface area contributed by atoms with Crippen LogP contribution in [0.2, 0.25) is 0 Å². The molecule has 96 valence electrons. The predicted octanol–water partition coefficient (Wildman–Crippen LogP) is 2.68. The minimum Gasteiger partial charge on any atom is -0.398 e. The molecule has 6 heteroatoms. The molecule has 2 aromatic rings. The maximum absolute atomic E-state index is 12.2. The van der Waals surface area contributed by atoms with Crippen LogP contribution in [0.4, 0.5) is 5.69 Å². The summed E-state index contributed by atoms with van der Waals surface area (Å²) in [5.74, 6) is -0.00884. The van der Waals surface area contributed by atoms with Gasteiger partial charge in [0.25, 0.3) is 5.91 Å². The highest BCUT2D eigenvalue weighted by Gasteiger charge is 2.16. The highest BCUT2D eigenvalue weighted by molar-refractivity contribution is 7.14. The lowest BCUT2D eigenvalue weighted by Crippen LogP contribution is -2.25. The van der Waals surface area contributed by atoms with Crippen molar-refractivity contribution >= 4 is 34.3 Å². The molecule has 0 saturated heterocycles. The van der Waals surface area contributed by atoms with Gasteiger partial charge in [-0.15, -0.1) is 22.7 Å². The normalized spacial score (nSPS) is 10.6.